The third kappa shape index (κ3) is 2.45. The Morgan fingerprint density at radius 3 is 2.88 bits per heavy atom. The first-order valence-electron chi connectivity index (χ1n) is 4.68. The molecular weight excluding hydrogens is 293 g/mol. The highest BCUT2D eigenvalue weighted by Crippen LogP contribution is 2.28. The Bertz CT molecular complexity index is 501. The summed E-state index contributed by atoms with van der Waals surface area (Å²) in [6.07, 6.45) is 0.676. The van der Waals surface area contributed by atoms with E-state index in [0.29, 0.717) is 28.0 Å². The maximum atomic E-state index is 13.6. The third-order valence-electron chi connectivity index (χ3n) is 1.99. The fourth-order valence-corrected chi connectivity index (χ4v) is 2.46. The molecule has 1 aromatic heterocycles. The Kier molecular flexibility index (Phi) is 3.63. The first-order chi connectivity index (χ1) is 7.70. The van der Waals surface area contributed by atoms with E-state index in [0.717, 1.165) is 5.01 Å². The fraction of sp³-hybridized carbons (Fsp3) is 0.200. The van der Waals surface area contributed by atoms with Crippen molar-refractivity contribution in [2.75, 3.05) is 6.54 Å². The van der Waals surface area contributed by atoms with Crippen LogP contribution in [0.25, 0.3) is 10.6 Å². The van der Waals surface area contributed by atoms with Crippen LogP contribution < -0.4 is 5.73 Å². The predicted molar refractivity (Wildman–Crippen MR) is 65.8 cm³/mol. The molecule has 0 spiro atoms. The molecule has 0 amide bonds. The van der Waals surface area contributed by atoms with Gasteiger partial charge in [0.05, 0.1) is 0 Å². The van der Waals surface area contributed by atoms with Crippen LogP contribution >= 0.6 is 27.3 Å². The zero-order chi connectivity index (χ0) is 11.5. The van der Waals surface area contributed by atoms with Gasteiger partial charge in [-0.1, -0.05) is 27.3 Å². The number of hydrogen-bond donors (Lipinski definition) is 1. The molecule has 0 atom stereocenters. The van der Waals surface area contributed by atoms with Crippen molar-refractivity contribution in [3.63, 3.8) is 0 Å². The molecule has 0 saturated carbocycles. The summed E-state index contributed by atoms with van der Waals surface area (Å²) in [6.45, 7) is 0.525. The van der Waals surface area contributed by atoms with Gasteiger partial charge in [-0.2, -0.15) is 0 Å². The smallest absolute Gasteiger partial charge is 0.150 e. The Balaban J connectivity index is 2.35. The molecule has 0 radical (unpaired) electrons. The molecular formula is C10H9BrFN3S. The predicted octanol–water partition coefficient (Wildman–Crippen LogP) is 2.61. The molecule has 3 nitrogen and oxygen atoms in total. The van der Waals surface area contributed by atoms with Gasteiger partial charge in [0.15, 0.2) is 5.01 Å². The molecule has 2 N–H and O–H groups in total. The molecule has 0 unspecified atom stereocenters. The van der Waals surface area contributed by atoms with Crippen LogP contribution in [0.3, 0.4) is 0 Å². The van der Waals surface area contributed by atoms with Gasteiger partial charge in [0.25, 0.3) is 0 Å². The number of nitrogens with two attached hydrogens (primary N) is 1. The topological polar surface area (TPSA) is 51.8 Å². The van der Waals surface area contributed by atoms with Crippen LogP contribution in [0.1, 0.15) is 5.01 Å². The number of benzene rings is 1. The summed E-state index contributed by atoms with van der Waals surface area (Å²) < 4.78 is 14.3. The molecule has 2 aromatic rings. The van der Waals surface area contributed by atoms with Crippen molar-refractivity contribution < 1.29 is 4.39 Å². The van der Waals surface area contributed by atoms with Gasteiger partial charge in [-0.3, -0.25) is 0 Å². The summed E-state index contributed by atoms with van der Waals surface area (Å²) in [7, 11) is 0. The van der Waals surface area contributed by atoms with Crippen LogP contribution in [0.4, 0.5) is 4.39 Å². The molecule has 1 heterocycles. The molecule has 6 heteroatoms. The summed E-state index contributed by atoms with van der Waals surface area (Å²) in [4.78, 5) is 0. The summed E-state index contributed by atoms with van der Waals surface area (Å²) in [5.74, 6) is -0.301. The van der Waals surface area contributed by atoms with E-state index in [-0.39, 0.29) is 5.82 Å². The second-order valence-corrected chi connectivity index (χ2v) is 5.14. The highest BCUT2D eigenvalue weighted by Gasteiger charge is 2.10. The molecule has 2 rings (SSSR count). The Morgan fingerprint density at radius 2 is 2.19 bits per heavy atom. The van der Waals surface area contributed by atoms with Crippen LogP contribution in [0.5, 0.6) is 0 Å². The van der Waals surface area contributed by atoms with Crippen molar-refractivity contribution >= 4 is 27.3 Å². The largest absolute Gasteiger partial charge is 0.330 e. The highest BCUT2D eigenvalue weighted by molar-refractivity contribution is 9.10. The second-order valence-electron chi connectivity index (χ2n) is 3.16. The zero-order valence-electron chi connectivity index (χ0n) is 8.28. The summed E-state index contributed by atoms with van der Waals surface area (Å²) >= 11 is 4.58. The second kappa shape index (κ2) is 4.99. The van der Waals surface area contributed by atoms with E-state index in [1.165, 1.54) is 17.4 Å². The van der Waals surface area contributed by atoms with E-state index in [1.807, 2.05) is 0 Å². The van der Waals surface area contributed by atoms with Gasteiger partial charge in [-0.15, -0.1) is 10.2 Å². The minimum atomic E-state index is -0.301. The van der Waals surface area contributed by atoms with Gasteiger partial charge in [-0.25, -0.2) is 4.39 Å². The van der Waals surface area contributed by atoms with E-state index < -0.39 is 0 Å². The number of halogens is 2. The lowest BCUT2D eigenvalue weighted by atomic mass is 10.2. The minimum absolute atomic E-state index is 0.301. The summed E-state index contributed by atoms with van der Waals surface area (Å²) in [6, 6.07) is 4.88. The molecule has 16 heavy (non-hydrogen) atoms. The normalized spacial score (nSPS) is 10.7. The first-order valence-corrected chi connectivity index (χ1v) is 6.29. The van der Waals surface area contributed by atoms with Crippen molar-refractivity contribution in [3.05, 3.63) is 33.5 Å². The minimum Gasteiger partial charge on any atom is -0.330 e. The lowest BCUT2D eigenvalue weighted by Gasteiger charge is -1.98. The zero-order valence-corrected chi connectivity index (χ0v) is 10.7. The quantitative estimate of drug-likeness (QED) is 0.948. The third-order valence-corrected chi connectivity index (χ3v) is 3.50. The number of hydrogen-bond acceptors (Lipinski definition) is 4. The van der Waals surface area contributed by atoms with Gasteiger partial charge in [0.2, 0.25) is 0 Å². The van der Waals surface area contributed by atoms with Crippen LogP contribution in [0, 0.1) is 5.82 Å². The van der Waals surface area contributed by atoms with Crippen molar-refractivity contribution in [1.29, 1.82) is 0 Å². The Morgan fingerprint density at radius 1 is 1.38 bits per heavy atom. The van der Waals surface area contributed by atoms with E-state index in [2.05, 4.69) is 26.1 Å². The number of rotatable bonds is 3. The monoisotopic (exact) mass is 301 g/mol. The molecule has 1 aromatic carbocycles. The fourth-order valence-electron chi connectivity index (χ4n) is 1.25. The van der Waals surface area contributed by atoms with E-state index >= 15 is 0 Å². The number of aromatic nitrogens is 2. The average molecular weight is 302 g/mol. The molecule has 0 aliphatic rings. The van der Waals surface area contributed by atoms with Crippen LogP contribution in [0.2, 0.25) is 0 Å². The summed E-state index contributed by atoms with van der Waals surface area (Å²) in [5.41, 5.74) is 5.89. The van der Waals surface area contributed by atoms with Crippen LogP contribution in [-0.2, 0) is 6.42 Å². The van der Waals surface area contributed by atoms with Gasteiger partial charge in [0, 0.05) is 16.5 Å². The van der Waals surface area contributed by atoms with Crippen LogP contribution in [-0.4, -0.2) is 16.7 Å². The van der Waals surface area contributed by atoms with Crippen molar-refractivity contribution in [2.45, 2.75) is 6.42 Å². The Hall–Kier alpha value is -0.850. The SMILES string of the molecule is NCCc1nnc(-c2ccc(Br)cc2F)s1. The average Bonchev–Trinajstić information content (AvgIpc) is 2.67. The molecule has 84 valence electrons. The molecule has 0 aliphatic heterocycles. The molecule has 0 fully saturated rings. The van der Waals surface area contributed by atoms with E-state index in [1.54, 1.807) is 12.1 Å². The maximum absolute atomic E-state index is 13.6. The molecule has 0 bridgehead atoms. The first kappa shape index (κ1) is 11.6. The van der Waals surface area contributed by atoms with E-state index in [9.17, 15) is 4.39 Å². The highest BCUT2D eigenvalue weighted by atomic mass is 79.9. The Labute approximate surface area is 105 Å². The van der Waals surface area contributed by atoms with Gasteiger partial charge < -0.3 is 5.73 Å². The van der Waals surface area contributed by atoms with Crippen molar-refractivity contribution in [3.8, 4) is 10.6 Å². The van der Waals surface area contributed by atoms with Gasteiger partial charge in [-0.05, 0) is 24.7 Å². The van der Waals surface area contributed by atoms with Crippen molar-refractivity contribution in [2.24, 2.45) is 5.73 Å². The number of nitrogens with zero attached hydrogens (tertiary/aromatic N) is 2. The lowest BCUT2D eigenvalue weighted by molar-refractivity contribution is 0.630. The standard InChI is InChI=1S/C10H9BrFN3S/c11-6-1-2-7(8(12)5-6)10-15-14-9(16-10)3-4-13/h1-2,5H,3-4,13H2. The molecule has 0 saturated heterocycles. The van der Waals surface area contributed by atoms with Gasteiger partial charge >= 0.3 is 0 Å². The summed E-state index contributed by atoms with van der Waals surface area (Å²) in [5, 5.41) is 9.33. The van der Waals surface area contributed by atoms with Gasteiger partial charge in [0.1, 0.15) is 10.8 Å². The van der Waals surface area contributed by atoms with E-state index in [4.69, 9.17) is 5.73 Å². The lowest BCUT2D eigenvalue weighted by Crippen LogP contribution is -2.01. The van der Waals surface area contributed by atoms with Crippen molar-refractivity contribution in [1.82, 2.24) is 10.2 Å². The maximum Gasteiger partial charge on any atom is 0.150 e. The molecule has 0 aliphatic carbocycles. The van der Waals surface area contributed by atoms with Crippen LogP contribution in [0.15, 0.2) is 22.7 Å².